The van der Waals surface area contributed by atoms with E-state index in [9.17, 15) is 9.18 Å². The van der Waals surface area contributed by atoms with E-state index in [0.717, 1.165) is 17.3 Å². The van der Waals surface area contributed by atoms with E-state index in [4.69, 9.17) is 5.11 Å². The lowest BCUT2D eigenvalue weighted by Gasteiger charge is -2.22. The number of benzene rings is 1. The maximum atomic E-state index is 13.1. The van der Waals surface area contributed by atoms with Gasteiger partial charge in [-0.15, -0.1) is 0 Å². The Hall–Kier alpha value is -1.14. The van der Waals surface area contributed by atoms with Gasteiger partial charge in [-0.2, -0.15) is 0 Å². The minimum Gasteiger partial charge on any atom is -0.395 e. The standard InChI is InChI=1S/C13H16BrFN2O2/c14-12-4-1-10(15)7-9(12)8-16-13(19)17(5-6-18)11-2-3-11/h1,4,7,11,18H,2-3,5-6,8H2,(H,16,19). The number of hydrogen-bond donors (Lipinski definition) is 2. The molecule has 1 saturated carbocycles. The summed E-state index contributed by atoms with van der Waals surface area (Å²) in [6.45, 7) is 0.542. The topological polar surface area (TPSA) is 52.6 Å². The van der Waals surface area contributed by atoms with Crippen LogP contribution in [0.1, 0.15) is 18.4 Å². The first-order chi connectivity index (χ1) is 9.11. The summed E-state index contributed by atoms with van der Waals surface area (Å²) in [4.78, 5) is 13.6. The Bertz CT molecular complexity index is 466. The molecule has 2 N–H and O–H groups in total. The number of aliphatic hydroxyl groups is 1. The second-order valence-corrected chi connectivity index (χ2v) is 5.40. The van der Waals surface area contributed by atoms with E-state index >= 15 is 0 Å². The van der Waals surface area contributed by atoms with Crippen LogP contribution in [0.2, 0.25) is 0 Å². The molecule has 0 bridgehead atoms. The van der Waals surface area contributed by atoms with Crippen LogP contribution in [0.5, 0.6) is 0 Å². The molecule has 4 nitrogen and oxygen atoms in total. The molecule has 0 heterocycles. The first-order valence-electron chi connectivity index (χ1n) is 6.21. The highest BCUT2D eigenvalue weighted by molar-refractivity contribution is 9.10. The van der Waals surface area contributed by atoms with Crippen molar-refractivity contribution in [3.8, 4) is 0 Å². The average Bonchev–Trinajstić information content (AvgIpc) is 3.21. The number of hydrogen-bond acceptors (Lipinski definition) is 2. The summed E-state index contributed by atoms with van der Waals surface area (Å²) in [6.07, 6.45) is 1.97. The normalized spacial score (nSPS) is 14.3. The Kier molecular flexibility index (Phi) is 4.76. The molecule has 0 aliphatic heterocycles. The van der Waals surface area contributed by atoms with Crippen molar-refractivity contribution >= 4 is 22.0 Å². The predicted octanol–water partition coefficient (Wildman–Crippen LogP) is 2.25. The van der Waals surface area contributed by atoms with Crippen LogP contribution >= 0.6 is 15.9 Å². The van der Waals surface area contributed by atoms with E-state index in [1.807, 2.05) is 0 Å². The fraction of sp³-hybridized carbons (Fsp3) is 0.462. The van der Waals surface area contributed by atoms with Crippen molar-refractivity contribution in [2.24, 2.45) is 0 Å². The van der Waals surface area contributed by atoms with Crippen molar-refractivity contribution in [1.29, 1.82) is 0 Å². The van der Waals surface area contributed by atoms with Gasteiger partial charge in [0.15, 0.2) is 0 Å². The van der Waals surface area contributed by atoms with Gasteiger partial charge in [-0.3, -0.25) is 0 Å². The second-order valence-electron chi connectivity index (χ2n) is 4.54. The second kappa shape index (κ2) is 6.34. The Morgan fingerprint density at radius 2 is 2.26 bits per heavy atom. The summed E-state index contributed by atoms with van der Waals surface area (Å²) in [5.41, 5.74) is 0.688. The van der Waals surface area contributed by atoms with Crippen molar-refractivity contribution in [3.05, 3.63) is 34.1 Å². The van der Waals surface area contributed by atoms with Crippen LogP contribution < -0.4 is 5.32 Å². The lowest BCUT2D eigenvalue weighted by Crippen LogP contribution is -2.42. The van der Waals surface area contributed by atoms with Crippen molar-refractivity contribution in [3.63, 3.8) is 0 Å². The van der Waals surface area contributed by atoms with E-state index in [0.29, 0.717) is 12.1 Å². The molecule has 0 aromatic heterocycles. The number of carbonyl (C=O) groups excluding carboxylic acids is 1. The van der Waals surface area contributed by atoms with Crippen LogP contribution in [0, 0.1) is 5.82 Å². The van der Waals surface area contributed by atoms with E-state index in [1.54, 1.807) is 11.0 Å². The molecule has 0 atom stereocenters. The highest BCUT2D eigenvalue weighted by Crippen LogP contribution is 2.26. The Morgan fingerprint density at radius 1 is 1.53 bits per heavy atom. The molecule has 0 spiro atoms. The van der Waals surface area contributed by atoms with Crippen molar-refractivity contribution in [1.82, 2.24) is 10.2 Å². The quantitative estimate of drug-likeness (QED) is 0.870. The van der Waals surface area contributed by atoms with Gasteiger partial charge in [0, 0.05) is 23.6 Å². The van der Waals surface area contributed by atoms with E-state index in [2.05, 4.69) is 21.2 Å². The van der Waals surface area contributed by atoms with Crippen molar-refractivity contribution < 1.29 is 14.3 Å². The van der Waals surface area contributed by atoms with Crippen LogP contribution in [0.25, 0.3) is 0 Å². The zero-order chi connectivity index (χ0) is 13.8. The number of halogens is 2. The number of nitrogens with zero attached hydrogens (tertiary/aromatic N) is 1. The van der Waals surface area contributed by atoms with Gasteiger partial charge in [0.05, 0.1) is 6.61 Å². The molecule has 1 aliphatic carbocycles. The summed E-state index contributed by atoms with van der Waals surface area (Å²) in [6, 6.07) is 4.38. The molecular weight excluding hydrogens is 315 g/mol. The molecule has 0 radical (unpaired) electrons. The minimum absolute atomic E-state index is 0.0480. The number of rotatable bonds is 5. The number of amides is 2. The molecule has 1 fully saturated rings. The molecule has 1 aliphatic rings. The molecule has 2 rings (SSSR count). The highest BCUT2D eigenvalue weighted by atomic mass is 79.9. The largest absolute Gasteiger partial charge is 0.395 e. The van der Waals surface area contributed by atoms with Gasteiger partial charge in [0.2, 0.25) is 0 Å². The van der Waals surface area contributed by atoms with Crippen molar-refractivity contribution in [2.75, 3.05) is 13.2 Å². The summed E-state index contributed by atoms with van der Waals surface area (Å²) < 4.78 is 13.9. The monoisotopic (exact) mass is 330 g/mol. The van der Waals surface area contributed by atoms with Gasteiger partial charge in [-0.05, 0) is 36.6 Å². The van der Waals surface area contributed by atoms with Gasteiger partial charge in [-0.25, -0.2) is 9.18 Å². The number of carbonyl (C=O) groups is 1. The van der Waals surface area contributed by atoms with Gasteiger partial charge in [0.25, 0.3) is 0 Å². The van der Waals surface area contributed by atoms with Gasteiger partial charge >= 0.3 is 6.03 Å². The fourth-order valence-corrected chi connectivity index (χ4v) is 2.28. The predicted molar refractivity (Wildman–Crippen MR) is 73.1 cm³/mol. The summed E-state index contributed by atoms with van der Waals surface area (Å²) >= 11 is 3.32. The average molecular weight is 331 g/mol. The molecule has 6 heteroatoms. The Labute approximate surface area is 119 Å². The lowest BCUT2D eigenvalue weighted by molar-refractivity contribution is 0.173. The van der Waals surface area contributed by atoms with E-state index in [1.165, 1.54) is 12.1 Å². The summed E-state index contributed by atoms with van der Waals surface area (Å²) in [5.74, 6) is -0.332. The molecule has 1 aromatic rings. The molecule has 0 saturated heterocycles. The van der Waals surface area contributed by atoms with Crippen LogP contribution in [0.4, 0.5) is 9.18 Å². The molecule has 104 valence electrons. The third-order valence-electron chi connectivity index (χ3n) is 3.03. The maximum absolute atomic E-state index is 13.1. The molecule has 0 unspecified atom stereocenters. The Balaban J connectivity index is 1.93. The van der Waals surface area contributed by atoms with Gasteiger partial charge < -0.3 is 15.3 Å². The molecule has 1 aromatic carbocycles. The van der Waals surface area contributed by atoms with E-state index in [-0.39, 0.29) is 31.0 Å². The zero-order valence-electron chi connectivity index (χ0n) is 10.4. The van der Waals surface area contributed by atoms with Crippen molar-refractivity contribution in [2.45, 2.75) is 25.4 Å². The smallest absolute Gasteiger partial charge is 0.317 e. The van der Waals surface area contributed by atoms with Gasteiger partial charge in [0.1, 0.15) is 5.82 Å². The number of urea groups is 1. The van der Waals surface area contributed by atoms with E-state index < -0.39 is 0 Å². The Morgan fingerprint density at radius 3 is 2.89 bits per heavy atom. The fourth-order valence-electron chi connectivity index (χ4n) is 1.90. The third kappa shape index (κ3) is 3.91. The van der Waals surface area contributed by atoms with Crippen LogP contribution in [0.3, 0.4) is 0 Å². The van der Waals surface area contributed by atoms with Crippen LogP contribution in [-0.2, 0) is 6.54 Å². The summed E-state index contributed by atoms with van der Waals surface area (Å²) in [5, 5.41) is 11.7. The SMILES string of the molecule is O=C(NCc1cc(F)ccc1Br)N(CCO)C1CC1. The zero-order valence-corrected chi connectivity index (χ0v) is 12.0. The number of nitrogens with one attached hydrogen (secondary N) is 1. The first kappa shape index (κ1) is 14.3. The molecule has 2 amide bonds. The third-order valence-corrected chi connectivity index (χ3v) is 3.80. The van der Waals surface area contributed by atoms with Crippen LogP contribution in [0.15, 0.2) is 22.7 Å². The molecule has 19 heavy (non-hydrogen) atoms. The van der Waals surface area contributed by atoms with Crippen LogP contribution in [-0.4, -0.2) is 35.2 Å². The minimum atomic E-state index is -0.332. The first-order valence-corrected chi connectivity index (χ1v) is 7.00. The summed E-state index contributed by atoms with van der Waals surface area (Å²) in [7, 11) is 0. The maximum Gasteiger partial charge on any atom is 0.317 e. The number of aliphatic hydroxyl groups excluding tert-OH is 1. The highest BCUT2D eigenvalue weighted by Gasteiger charge is 2.31. The lowest BCUT2D eigenvalue weighted by atomic mass is 10.2. The van der Waals surface area contributed by atoms with Gasteiger partial charge in [-0.1, -0.05) is 15.9 Å². The molecular formula is C13H16BrFN2O2.